The Morgan fingerprint density at radius 2 is 1.93 bits per heavy atom. The van der Waals surface area contributed by atoms with Gasteiger partial charge in [-0.2, -0.15) is 0 Å². The summed E-state index contributed by atoms with van der Waals surface area (Å²) in [5, 5.41) is 0. The highest BCUT2D eigenvalue weighted by atomic mass is 16.2. The maximum atomic E-state index is 10.8. The summed E-state index contributed by atoms with van der Waals surface area (Å²) >= 11 is 0. The average Bonchev–Trinajstić information content (AvgIpc) is 2.20. The van der Waals surface area contributed by atoms with Crippen molar-refractivity contribution in [1.29, 1.82) is 0 Å². The number of primary amides is 1. The highest BCUT2D eigenvalue weighted by Gasteiger charge is 2.13. The van der Waals surface area contributed by atoms with Crippen LogP contribution in [0.5, 0.6) is 0 Å². The van der Waals surface area contributed by atoms with E-state index in [9.17, 15) is 4.79 Å². The van der Waals surface area contributed by atoms with Gasteiger partial charge in [0.15, 0.2) is 0 Å². The summed E-state index contributed by atoms with van der Waals surface area (Å²) in [4.78, 5) is 17.1. The van der Waals surface area contributed by atoms with E-state index in [1.807, 2.05) is 0 Å². The lowest BCUT2D eigenvalue weighted by molar-refractivity contribution is 0.149. The summed E-state index contributed by atoms with van der Waals surface area (Å²) in [6.45, 7) is 6.37. The monoisotopic (exact) mass is 214 g/mol. The van der Waals surface area contributed by atoms with Crippen molar-refractivity contribution >= 4 is 6.03 Å². The van der Waals surface area contributed by atoms with Crippen molar-refractivity contribution in [2.75, 3.05) is 53.4 Å². The first kappa shape index (κ1) is 12.3. The molecule has 0 spiro atoms. The van der Waals surface area contributed by atoms with E-state index >= 15 is 0 Å². The Bertz CT molecular complexity index is 202. The molecular formula is C10H22N4O. The third-order valence-electron chi connectivity index (χ3n) is 2.94. The fourth-order valence-electron chi connectivity index (χ4n) is 1.71. The van der Waals surface area contributed by atoms with E-state index in [4.69, 9.17) is 5.73 Å². The van der Waals surface area contributed by atoms with E-state index in [1.165, 1.54) is 0 Å². The van der Waals surface area contributed by atoms with Gasteiger partial charge in [-0.15, -0.1) is 0 Å². The number of carbonyl (C=O) groups is 1. The smallest absolute Gasteiger partial charge is 0.314 e. The van der Waals surface area contributed by atoms with Gasteiger partial charge in [0.05, 0.1) is 0 Å². The molecule has 1 aliphatic heterocycles. The molecule has 0 unspecified atom stereocenters. The van der Waals surface area contributed by atoms with Crippen LogP contribution in [0.25, 0.3) is 0 Å². The SMILES string of the molecule is CN1CCN(CCCN(C)C(N)=O)CC1. The van der Waals surface area contributed by atoms with Crippen LogP contribution in [0.15, 0.2) is 0 Å². The van der Waals surface area contributed by atoms with Gasteiger partial charge in [0.25, 0.3) is 0 Å². The molecule has 1 aliphatic rings. The fraction of sp³-hybridized carbons (Fsp3) is 0.900. The Balaban J connectivity index is 2.07. The number of likely N-dealkylation sites (N-methyl/N-ethyl adjacent to an activating group) is 1. The molecule has 5 heteroatoms. The zero-order valence-corrected chi connectivity index (χ0v) is 9.78. The van der Waals surface area contributed by atoms with E-state index < -0.39 is 0 Å². The maximum absolute atomic E-state index is 10.8. The first-order chi connectivity index (χ1) is 7.09. The molecule has 0 atom stereocenters. The van der Waals surface area contributed by atoms with Crippen LogP contribution in [0.2, 0.25) is 0 Å². The van der Waals surface area contributed by atoms with Gasteiger partial charge in [-0.1, -0.05) is 0 Å². The van der Waals surface area contributed by atoms with E-state index in [1.54, 1.807) is 11.9 Å². The number of rotatable bonds is 4. The van der Waals surface area contributed by atoms with Crippen LogP contribution in [-0.2, 0) is 0 Å². The minimum absolute atomic E-state index is 0.339. The molecule has 0 radical (unpaired) electrons. The van der Waals surface area contributed by atoms with Gasteiger partial charge in [0.2, 0.25) is 0 Å². The van der Waals surface area contributed by atoms with Crippen molar-refractivity contribution in [1.82, 2.24) is 14.7 Å². The number of hydrogen-bond acceptors (Lipinski definition) is 3. The van der Waals surface area contributed by atoms with Crippen molar-refractivity contribution in [3.8, 4) is 0 Å². The molecule has 5 nitrogen and oxygen atoms in total. The van der Waals surface area contributed by atoms with Gasteiger partial charge in [0, 0.05) is 39.8 Å². The molecule has 0 aromatic carbocycles. The fourth-order valence-corrected chi connectivity index (χ4v) is 1.71. The first-order valence-electron chi connectivity index (χ1n) is 5.51. The number of urea groups is 1. The molecule has 2 N–H and O–H groups in total. The largest absolute Gasteiger partial charge is 0.351 e. The van der Waals surface area contributed by atoms with Crippen LogP contribution in [0.1, 0.15) is 6.42 Å². The summed E-state index contributed by atoms with van der Waals surface area (Å²) in [6, 6.07) is -0.339. The molecule has 1 rings (SSSR count). The van der Waals surface area contributed by atoms with Crippen LogP contribution in [0.4, 0.5) is 4.79 Å². The quantitative estimate of drug-likeness (QED) is 0.695. The van der Waals surface area contributed by atoms with Crippen LogP contribution >= 0.6 is 0 Å². The number of carbonyl (C=O) groups excluding carboxylic acids is 1. The highest BCUT2D eigenvalue weighted by Crippen LogP contribution is 2.00. The molecular weight excluding hydrogens is 192 g/mol. The molecule has 1 fully saturated rings. The standard InChI is InChI=1S/C10H22N4O/c1-12-6-8-14(9-7-12)5-3-4-13(2)10(11)15/h3-9H2,1-2H3,(H2,11,15). The summed E-state index contributed by atoms with van der Waals surface area (Å²) in [7, 11) is 3.89. The molecule has 88 valence electrons. The van der Waals surface area contributed by atoms with Crippen LogP contribution in [-0.4, -0.2) is 74.1 Å². The van der Waals surface area contributed by atoms with Gasteiger partial charge in [-0.3, -0.25) is 0 Å². The minimum atomic E-state index is -0.339. The van der Waals surface area contributed by atoms with Gasteiger partial charge in [-0.25, -0.2) is 4.79 Å². The third-order valence-corrected chi connectivity index (χ3v) is 2.94. The lowest BCUT2D eigenvalue weighted by atomic mass is 10.3. The molecule has 1 heterocycles. The lowest BCUT2D eigenvalue weighted by Gasteiger charge is -2.32. The van der Waals surface area contributed by atoms with Crippen LogP contribution in [0.3, 0.4) is 0 Å². The second-order valence-electron chi connectivity index (χ2n) is 4.26. The Morgan fingerprint density at radius 1 is 1.33 bits per heavy atom. The molecule has 0 aromatic heterocycles. The predicted octanol–water partition coefficient (Wildman–Crippen LogP) is -0.366. The van der Waals surface area contributed by atoms with Gasteiger partial charge >= 0.3 is 6.03 Å². The maximum Gasteiger partial charge on any atom is 0.314 e. The molecule has 15 heavy (non-hydrogen) atoms. The molecule has 0 saturated carbocycles. The first-order valence-corrected chi connectivity index (χ1v) is 5.51. The Labute approximate surface area is 91.8 Å². The molecule has 0 aliphatic carbocycles. The zero-order chi connectivity index (χ0) is 11.3. The second kappa shape index (κ2) is 5.92. The predicted molar refractivity (Wildman–Crippen MR) is 60.8 cm³/mol. The van der Waals surface area contributed by atoms with Crippen LogP contribution in [0, 0.1) is 0 Å². The average molecular weight is 214 g/mol. The number of nitrogens with zero attached hydrogens (tertiary/aromatic N) is 3. The Morgan fingerprint density at radius 3 is 2.47 bits per heavy atom. The Hall–Kier alpha value is -0.810. The number of hydrogen-bond donors (Lipinski definition) is 1. The van der Waals surface area contributed by atoms with Crippen molar-refractivity contribution in [2.24, 2.45) is 5.73 Å². The zero-order valence-electron chi connectivity index (χ0n) is 9.78. The van der Waals surface area contributed by atoms with E-state index in [-0.39, 0.29) is 6.03 Å². The van der Waals surface area contributed by atoms with Crippen LogP contribution < -0.4 is 5.73 Å². The summed E-state index contributed by atoms with van der Waals surface area (Å²) in [6.07, 6.45) is 1.00. The highest BCUT2D eigenvalue weighted by molar-refractivity contribution is 5.71. The van der Waals surface area contributed by atoms with Crippen molar-refractivity contribution in [3.05, 3.63) is 0 Å². The second-order valence-corrected chi connectivity index (χ2v) is 4.26. The van der Waals surface area contributed by atoms with Gasteiger partial charge in [-0.05, 0) is 20.0 Å². The number of piperazine rings is 1. The molecule has 0 bridgehead atoms. The number of amides is 2. The third kappa shape index (κ3) is 4.48. The van der Waals surface area contributed by atoms with E-state index in [0.717, 1.165) is 45.7 Å². The Kier molecular flexibility index (Phi) is 4.84. The summed E-state index contributed by atoms with van der Waals surface area (Å²) in [5.41, 5.74) is 5.14. The van der Waals surface area contributed by atoms with E-state index in [0.29, 0.717) is 0 Å². The van der Waals surface area contributed by atoms with Gasteiger partial charge < -0.3 is 20.4 Å². The minimum Gasteiger partial charge on any atom is -0.351 e. The summed E-state index contributed by atoms with van der Waals surface area (Å²) in [5.74, 6) is 0. The molecule has 1 saturated heterocycles. The van der Waals surface area contributed by atoms with Gasteiger partial charge in [0.1, 0.15) is 0 Å². The van der Waals surface area contributed by atoms with Crippen molar-refractivity contribution in [3.63, 3.8) is 0 Å². The number of nitrogens with two attached hydrogens (primary N) is 1. The molecule has 2 amide bonds. The normalized spacial score (nSPS) is 19.1. The molecule has 0 aromatic rings. The topological polar surface area (TPSA) is 52.8 Å². The van der Waals surface area contributed by atoms with Crippen molar-refractivity contribution < 1.29 is 4.79 Å². The van der Waals surface area contributed by atoms with E-state index in [2.05, 4.69) is 16.8 Å². The summed E-state index contributed by atoms with van der Waals surface area (Å²) < 4.78 is 0. The van der Waals surface area contributed by atoms with Crippen molar-refractivity contribution in [2.45, 2.75) is 6.42 Å². The lowest BCUT2D eigenvalue weighted by Crippen LogP contribution is -2.45.